The number of benzene rings is 1. The van der Waals surface area contributed by atoms with Crippen molar-refractivity contribution in [3.8, 4) is 5.75 Å². The molecule has 1 aromatic heterocycles. The SMILES string of the molecule is C[C@H](N)c1nnc2n1NC(c1ccc3c(c1)NC(=O)CO3)=CS2. The van der Waals surface area contributed by atoms with Crippen molar-refractivity contribution in [3.05, 3.63) is 35.0 Å². The number of amides is 1. The zero-order chi connectivity index (χ0) is 16.0. The van der Waals surface area contributed by atoms with E-state index in [1.165, 1.54) is 11.8 Å². The van der Waals surface area contributed by atoms with Crippen LogP contribution in [0.2, 0.25) is 0 Å². The second-order valence-corrected chi connectivity index (χ2v) is 6.11. The number of thioether (sulfide) groups is 1. The second kappa shape index (κ2) is 5.28. The summed E-state index contributed by atoms with van der Waals surface area (Å²) in [5.41, 5.74) is 11.6. The van der Waals surface area contributed by atoms with Crippen molar-refractivity contribution < 1.29 is 9.53 Å². The molecule has 1 atom stereocenters. The van der Waals surface area contributed by atoms with Crippen molar-refractivity contribution in [1.82, 2.24) is 14.9 Å². The molecule has 0 spiro atoms. The third kappa shape index (κ3) is 2.43. The first-order valence-electron chi connectivity index (χ1n) is 7.03. The first kappa shape index (κ1) is 14.1. The maximum absolute atomic E-state index is 11.5. The van der Waals surface area contributed by atoms with Crippen LogP contribution in [-0.4, -0.2) is 27.4 Å². The molecule has 0 fully saturated rings. The van der Waals surface area contributed by atoms with Crippen molar-refractivity contribution >= 4 is 29.1 Å². The van der Waals surface area contributed by atoms with Gasteiger partial charge in [-0.2, -0.15) is 0 Å². The van der Waals surface area contributed by atoms with Gasteiger partial charge < -0.3 is 15.8 Å². The van der Waals surface area contributed by atoms with E-state index in [9.17, 15) is 4.79 Å². The summed E-state index contributed by atoms with van der Waals surface area (Å²) in [7, 11) is 0. The van der Waals surface area contributed by atoms with Gasteiger partial charge in [-0.15, -0.1) is 10.2 Å². The third-order valence-electron chi connectivity index (χ3n) is 3.50. The summed E-state index contributed by atoms with van der Waals surface area (Å²) in [5.74, 6) is 1.17. The number of anilines is 1. The molecule has 0 radical (unpaired) electrons. The summed E-state index contributed by atoms with van der Waals surface area (Å²) in [4.78, 5) is 11.5. The number of hydrogen-bond acceptors (Lipinski definition) is 7. The first-order chi connectivity index (χ1) is 11.1. The predicted octanol–water partition coefficient (Wildman–Crippen LogP) is 1.28. The van der Waals surface area contributed by atoms with Crippen LogP contribution in [0.5, 0.6) is 5.75 Å². The predicted molar refractivity (Wildman–Crippen MR) is 86.4 cm³/mol. The Bertz CT molecular complexity index is 829. The largest absolute Gasteiger partial charge is 0.482 e. The topological polar surface area (TPSA) is 107 Å². The summed E-state index contributed by atoms with van der Waals surface area (Å²) < 4.78 is 7.15. The van der Waals surface area contributed by atoms with Crippen LogP contribution in [0.15, 0.2) is 28.8 Å². The molecule has 1 aromatic carbocycles. The number of aromatic nitrogens is 3. The molecule has 0 saturated carbocycles. The van der Waals surface area contributed by atoms with Gasteiger partial charge in [0, 0.05) is 11.0 Å². The van der Waals surface area contributed by atoms with Crippen LogP contribution >= 0.6 is 11.8 Å². The van der Waals surface area contributed by atoms with Gasteiger partial charge >= 0.3 is 0 Å². The van der Waals surface area contributed by atoms with Crippen LogP contribution in [0.3, 0.4) is 0 Å². The minimum atomic E-state index is -0.236. The van der Waals surface area contributed by atoms with Gasteiger partial charge in [0.25, 0.3) is 5.91 Å². The number of fused-ring (bicyclic) bond motifs is 2. The molecule has 4 rings (SSSR count). The lowest BCUT2D eigenvalue weighted by molar-refractivity contribution is -0.118. The molecule has 1 amide bonds. The van der Waals surface area contributed by atoms with Crippen molar-refractivity contribution in [2.75, 3.05) is 17.3 Å². The highest BCUT2D eigenvalue weighted by Gasteiger charge is 2.22. The van der Waals surface area contributed by atoms with E-state index in [1.807, 2.05) is 30.5 Å². The average molecular weight is 330 g/mol. The standard InChI is InChI=1S/C14H14N6O2S/c1-7(15)13-17-18-14-20(13)19-10(6-23-14)8-2-3-11-9(4-8)16-12(21)5-22-11/h2-4,6-7,19H,5,15H2,1H3,(H,16,21)/t7-/m0/s1. The van der Waals surface area contributed by atoms with E-state index in [2.05, 4.69) is 20.9 Å². The minimum Gasteiger partial charge on any atom is -0.482 e. The molecule has 0 saturated heterocycles. The fraction of sp³-hybridized carbons (Fsp3) is 0.214. The molecule has 2 aliphatic rings. The van der Waals surface area contributed by atoms with Gasteiger partial charge in [0.05, 0.1) is 17.4 Å². The van der Waals surface area contributed by atoms with E-state index in [4.69, 9.17) is 10.5 Å². The summed E-state index contributed by atoms with van der Waals surface area (Å²) >= 11 is 1.46. The van der Waals surface area contributed by atoms with Gasteiger partial charge in [0.2, 0.25) is 5.16 Å². The number of hydrogen-bond donors (Lipinski definition) is 3. The molecule has 0 unspecified atom stereocenters. The Hall–Kier alpha value is -2.52. The van der Waals surface area contributed by atoms with Gasteiger partial charge in [-0.3, -0.25) is 10.2 Å². The Labute approximate surface area is 136 Å². The van der Waals surface area contributed by atoms with Gasteiger partial charge in [-0.25, -0.2) is 4.68 Å². The van der Waals surface area contributed by atoms with Gasteiger partial charge in [-0.05, 0) is 25.1 Å². The van der Waals surface area contributed by atoms with Crippen LogP contribution in [0, 0.1) is 0 Å². The lowest BCUT2D eigenvalue weighted by atomic mass is 10.1. The smallest absolute Gasteiger partial charge is 0.262 e. The van der Waals surface area contributed by atoms with E-state index in [-0.39, 0.29) is 18.6 Å². The maximum atomic E-state index is 11.5. The first-order valence-corrected chi connectivity index (χ1v) is 7.91. The minimum absolute atomic E-state index is 0.0466. The molecule has 0 aliphatic carbocycles. The Morgan fingerprint density at radius 1 is 1.43 bits per heavy atom. The second-order valence-electron chi connectivity index (χ2n) is 5.27. The molecular weight excluding hydrogens is 316 g/mol. The summed E-state index contributed by atoms with van der Waals surface area (Å²) in [6.07, 6.45) is 0. The van der Waals surface area contributed by atoms with Crippen LogP contribution in [0.25, 0.3) is 5.70 Å². The molecule has 118 valence electrons. The molecule has 3 heterocycles. The molecule has 4 N–H and O–H groups in total. The Morgan fingerprint density at radius 2 is 2.30 bits per heavy atom. The van der Waals surface area contributed by atoms with Gasteiger partial charge in [0.15, 0.2) is 12.4 Å². The van der Waals surface area contributed by atoms with Crippen LogP contribution in [0.4, 0.5) is 5.69 Å². The monoisotopic (exact) mass is 330 g/mol. The van der Waals surface area contributed by atoms with Crippen molar-refractivity contribution in [2.24, 2.45) is 5.73 Å². The van der Waals surface area contributed by atoms with Crippen LogP contribution < -0.4 is 21.2 Å². The van der Waals surface area contributed by atoms with Crippen molar-refractivity contribution in [1.29, 1.82) is 0 Å². The lowest BCUT2D eigenvalue weighted by Crippen LogP contribution is -2.26. The van der Waals surface area contributed by atoms with Crippen LogP contribution in [0.1, 0.15) is 24.4 Å². The zero-order valence-corrected chi connectivity index (χ0v) is 13.1. The molecule has 8 nitrogen and oxygen atoms in total. The zero-order valence-electron chi connectivity index (χ0n) is 12.2. The van der Waals surface area contributed by atoms with E-state index >= 15 is 0 Å². The van der Waals surface area contributed by atoms with Crippen molar-refractivity contribution in [2.45, 2.75) is 18.1 Å². The highest BCUT2D eigenvalue weighted by atomic mass is 32.2. The number of carbonyl (C=O) groups is 1. The molecular formula is C14H14N6O2S. The molecule has 0 bridgehead atoms. The van der Waals surface area contributed by atoms with E-state index < -0.39 is 0 Å². The number of carbonyl (C=O) groups excluding carboxylic acids is 1. The van der Waals surface area contributed by atoms with Gasteiger partial charge in [0.1, 0.15) is 5.75 Å². The maximum Gasteiger partial charge on any atom is 0.262 e. The molecule has 23 heavy (non-hydrogen) atoms. The Morgan fingerprint density at radius 3 is 3.13 bits per heavy atom. The Balaban J connectivity index is 1.66. The van der Waals surface area contributed by atoms with E-state index in [0.29, 0.717) is 17.3 Å². The average Bonchev–Trinajstić information content (AvgIpc) is 2.97. The third-order valence-corrected chi connectivity index (χ3v) is 4.33. The lowest BCUT2D eigenvalue weighted by Gasteiger charge is -2.22. The van der Waals surface area contributed by atoms with E-state index in [1.54, 1.807) is 4.68 Å². The number of nitrogens with zero attached hydrogens (tertiary/aromatic N) is 3. The number of nitrogens with two attached hydrogens (primary N) is 1. The van der Waals surface area contributed by atoms with Crippen LogP contribution in [-0.2, 0) is 4.79 Å². The highest BCUT2D eigenvalue weighted by molar-refractivity contribution is 8.02. The number of nitrogens with one attached hydrogen (secondary N) is 2. The normalized spacial score (nSPS) is 17.1. The summed E-state index contributed by atoms with van der Waals surface area (Å²) in [6, 6.07) is 5.40. The quantitative estimate of drug-likeness (QED) is 0.761. The molecule has 2 aromatic rings. The van der Waals surface area contributed by atoms with Gasteiger partial charge in [-0.1, -0.05) is 11.8 Å². The summed E-state index contributed by atoms with van der Waals surface area (Å²) in [6.45, 7) is 1.90. The fourth-order valence-electron chi connectivity index (χ4n) is 2.40. The number of ether oxygens (including phenoxy) is 1. The summed E-state index contributed by atoms with van der Waals surface area (Å²) in [5, 5.41) is 13.7. The molecule has 9 heteroatoms. The van der Waals surface area contributed by atoms with Crippen molar-refractivity contribution in [3.63, 3.8) is 0 Å². The number of rotatable bonds is 2. The highest BCUT2D eigenvalue weighted by Crippen LogP contribution is 2.34. The fourth-order valence-corrected chi connectivity index (χ4v) is 3.14. The molecule has 2 aliphatic heterocycles. The van der Waals surface area contributed by atoms with E-state index in [0.717, 1.165) is 16.4 Å². The Kier molecular flexibility index (Phi) is 3.24.